The van der Waals surface area contributed by atoms with E-state index < -0.39 is 23.2 Å². The van der Waals surface area contributed by atoms with Crippen LogP contribution in [0.1, 0.15) is 117 Å². The summed E-state index contributed by atoms with van der Waals surface area (Å²) in [6, 6.07) is 62.6. The van der Waals surface area contributed by atoms with Crippen LogP contribution in [0.3, 0.4) is 0 Å². The van der Waals surface area contributed by atoms with E-state index in [0.29, 0.717) is 0 Å². The third kappa shape index (κ3) is 9.37. The topological polar surface area (TPSA) is 26.3 Å². The van der Waals surface area contributed by atoms with Crippen LogP contribution in [0.5, 0.6) is 0 Å². The molecule has 0 saturated carbocycles. The van der Waals surface area contributed by atoms with Gasteiger partial charge in [-0.2, -0.15) is 0 Å². The summed E-state index contributed by atoms with van der Waals surface area (Å²) in [7, 11) is 0. The molecule has 0 radical (unpaired) electrons. The molecule has 0 N–H and O–H groups in total. The Morgan fingerprint density at radius 2 is 0.785 bits per heavy atom. The molecule has 6 aromatic carbocycles. The first-order valence-corrected chi connectivity index (χ1v) is 26.9. The molecule has 2 unspecified atom stereocenters. The van der Waals surface area contributed by atoms with Crippen molar-refractivity contribution in [3.05, 3.63) is 215 Å². The van der Waals surface area contributed by atoms with E-state index in [4.69, 9.17) is 8.83 Å². The first kappa shape index (κ1) is 43.2. The molecule has 0 spiro atoms. The SMILES string of the molecule is CCCCCCc1ccc(-c2cccc3c2C=C(c2ccc(-c4ccccc4)o2)[CH]3[Zr][CH]2C(c3ccc(-c4ccccc4)o3)=Cc3c(-c4ccc(CCCCCC)cc4)cccc32)cc1. The number of aryl methyl sites for hydroxylation is 2. The Morgan fingerprint density at radius 3 is 1.20 bits per heavy atom. The summed E-state index contributed by atoms with van der Waals surface area (Å²) >= 11 is -1.46. The van der Waals surface area contributed by atoms with E-state index in [2.05, 4.69) is 196 Å². The number of unbranched alkanes of at least 4 members (excludes halogenated alkanes) is 6. The summed E-state index contributed by atoms with van der Waals surface area (Å²) in [5, 5.41) is 0. The van der Waals surface area contributed by atoms with Crippen molar-refractivity contribution in [2.75, 3.05) is 0 Å². The van der Waals surface area contributed by atoms with Crippen LogP contribution in [0.15, 0.2) is 179 Å². The van der Waals surface area contributed by atoms with E-state index in [1.165, 1.54) is 118 Å². The maximum atomic E-state index is 6.88. The number of hydrogen-bond donors (Lipinski definition) is 0. The van der Waals surface area contributed by atoms with Crippen molar-refractivity contribution in [2.45, 2.75) is 85.3 Å². The Balaban J connectivity index is 1.05. The average molecular weight is 926 g/mol. The summed E-state index contributed by atoms with van der Waals surface area (Å²) in [6.07, 6.45) is 17.5. The summed E-state index contributed by atoms with van der Waals surface area (Å²) in [5.74, 6) is 3.75. The third-order valence-corrected chi connectivity index (χ3v) is 18.2. The summed E-state index contributed by atoms with van der Waals surface area (Å²) in [4.78, 5) is 0. The molecule has 65 heavy (non-hydrogen) atoms. The first-order chi connectivity index (χ1) is 32.1. The Labute approximate surface area is 397 Å². The van der Waals surface area contributed by atoms with E-state index in [1.54, 1.807) is 0 Å². The van der Waals surface area contributed by atoms with Crippen molar-refractivity contribution < 1.29 is 32.1 Å². The van der Waals surface area contributed by atoms with Gasteiger partial charge in [-0.15, -0.1) is 0 Å². The molecule has 2 aliphatic carbocycles. The quantitative estimate of drug-likeness (QED) is 0.0802. The fraction of sp³-hybridized carbons (Fsp3) is 0.226. The normalized spacial score (nSPS) is 15.1. The van der Waals surface area contributed by atoms with Crippen LogP contribution < -0.4 is 0 Å². The molecule has 2 aliphatic rings. The second-order valence-corrected chi connectivity index (χ2v) is 21.6. The van der Waals surface area contributed by atoms with E-state index >= 15 is 0 Å². The molecule has 0 saturated heterocycles. The molecule has 2 nitrogen and oxygen atoms in total. The fourth-order valence-electron chi connectivity index (χ4n) is 9.98. The van der Waals surface area contributed by atoms with Crippen molar-refractivity contribution in [1.82, 2.24) is 0 Å². The predicted octanol–water partition coefficient (Wildman–Crippen LogP) is 17.8. The second kappa shape index (κ2) is 20.2. The zero-order valence-corrected chi connectivity index (χ0v) is 40.3. The van der Waals surface area contributed by atoms with E-state index in [0.717, 1.165) is 47.0 Å². The number of benzene rings is 6. The van der Waals surface area contributed by atoms with Crippen LogP contribution in [-0.2, 0) is 36.1 Å². The summed E-state index contributed by atoms with van der Waals surface area (Å²) in [5.41, 5.74) is 18.3. The van der Waals surface area contributed by atoms with Gasteiger partial charge in [0.1, 0.15) is 0 Å². The Hall–Kier alpha value is -5.76. The third-order valence-electron chi connectivity index (χ3n) is 13.5. The Bertz CT molecular complexity index is 2710. The molecule has 8 aromatic rings. The van der Waals surface area contributed by atoms with Crippen LogP contribution >= 0.6 is 0 Å². The van der Waals surface area contributed by atoms with Crippen LogP contribution in [-0.4, -0.2) is 0 Å². The average Bonchev–Trinajstić information content (AvgIpc) is 4.19. The van der Waals surface area contributed by atoms with Gasteiger partial charge in [-0.25, -0.2) is 0 Å². The van der Waals surface area contributed by atoms with Gasteiger partial charge >= 0.3 is 374 Å². The van der Waals surface area contributed by atoms with Crippen molar-refractivity contribution in [3.63, 3.8) is 0 Å². The van der Waals surface area contributed by atoms with Crippen LogP contribution in [0.2, 0.25) is 0 Å². The molecule has 10 rings (SSSR count). The number of hydrogen-bond acceptors (Lipinski definition) is 2. The molecular weight excluding hydrogens is 868 g/mol. The van der Waals surface area contributed by atoms with Gasteiger partial charge in [0.05, 0.1) is 0 Å². The monoisotopic (exact) mass is 924 g/mol. The molecule has 0 aliphatic heterocycles. The standard InChI is InChI=1S/2C31H29O.Zr/c2*1-2-3-4-6-10-23-15-17-24(18-16-23)28-14-9-13-26-21-27(22-29(26)28)31-20-19-30(32-31)25-11-7-5-8-12-25;/h2*5,7-9,11-22H,2-4,6,10H2,1H3;. The van der Waals surface area contributed by atoms with Crippen LogP contribution in [0.4, 0.5) is 0 Å². The zero-order valence-electron chi connectivity index (χ0n) is 37.9. The number of rotatable bonds is 18. The molecule has 2 aromatic heterocycles. The minimum atomic E-state index is -1.46. The zero-order chi connectivity index (χ0) is 44.0. The van der Waals surface area contributed by atoms with E-state index in [-0.39, 0.29) is 7.25 Å². The number of fused-ring (bicyclic) bond motifs is 2. The first-order valence-electron chi connectivity index (χ1n) is 24.1. The van der Waals surface area contributed by atoms with Crippen molar-refractivity contribution in [2.24, 2.45) is 0 Å². The van der Waals surface area contributed by atoms with Gasteiger partial charge < -0.3 is 0 Å². The van der Waals surface area contributed by atoms with Gasteiger partial charge in [-0.1, -0.05) is 26.7 Å². The molecule has 0 fully saturated rings. The van der Waals surface area contributed by atoms with Crippen molar-refractivity contribution in [3.8, 4) is 44.9 Å². The molecule has 322 valence electrons. The van der Waals surface area contributed by atoms with Gasteiger partial charge in [0.25, 0.3) is 0 Å². The van der Waals surface area contributed by atoms with Gasteiger partial charge in [0.2, 0.25) is 0 Å². The Morgan fingerprint density at radius 1 is 0.369 bits per heavy atom. The number of furan rings is 2. The number of allylic oxidation sites excluding steroid dienone is 2. The fourth-order valence-corrected chi connectivity index (χ4v) is 14.9. The second-order valence-electron chi connectivity index (χ2n) is 17.9. The van der Waals surface area contributed by atoms with Crippen LogP contribution in [0.25, 0.3) is 68.2 Å². The molecule has 0 bridgehead atoms. The van der Waals surface area contributed by atoms with E-state index in [1.807, 2.05) is 0 Å². The molecule has 3 heteroatoms. The van der Waals surface area contributed by atoms with Crippen LogP contribution in [0, 0.1) is 0 Å². The van der Waals surface area contributed by atoms with Gasteiger partial charge in [-0.3, -0.25) is 0 Å². The summed E-state index contributed by atoms with van der Waals surface area (Å²) in [6.45, 7) is 4.56. The van der Waals surface area contributed by atoms with Crippen molar-refractivity contribution in [1.29, 1.82) is 0 Å². The molecular formula is C62H58O2Zr. The van der Waals surface area contributed by atoms with E-state index in [9.17, 15) is 0 Å². The summed E-state index contributed by atoms with van der Waals surface area (Å²) < 4.78 is 14.3. The maximum absolute atomic E-state index is 6.88. The van der Waals surface area contributed by atoms with Gasteiger partial charge in [0.15, 0.2) is 0 Å². The molecule has 2 atom stereocenters. The van der Waals surface area contributed by atoms with Crippen molar-refractivity contribution >= 4 is 23.3 Å². The predicted molar refractivity (Wildman–Crippen MR) is 269 cm³/mol. The van der Waals surface area contributed by atoms with Gasteiger partial charge in [-0.05, 0) is 0 Å². The minimum absolute atomic E-state index is 0.250. The Kier molecular flexibility index (Phi) is 13.4. The van der Waals surface area contributed by atoms with Gasteiger partial charge in [0, 0.05) is 0 Å². The molecule has 0 amide bonds. The molecule has 2 heterocycles.